The number of aryl methyl sites for hydroxylation is 1. The quantitative estimate of drug-likeness (QED) is 0.799. The van der Waals surface area contributed by atoms with Gasteiger partial charge in [-0.25, -0.2) is 0 Å². The molecule has 2 unspecified atom stereocenters. The molecule has 0 radical (unpaired) electrons. The Labute approximate surface area is 106 Å². The van der Waals surface area contributed by atoms with Gasteiger partial charge in [0.2, 0.25) is 0 Å². The van der Waals surface area contributed by atoms with E-state index in [0.717, 1.165) is 18.9 Å². The lowest BCUT2D eigenvalue weighted by Crippen LogP contribution is -2.26. The second-order valence-electron chi connectivity index (χ2n) is 5.35. The molecular formula is C16H25N. The van der Waals surface area contributed by atoms with Crippen LogP contribution in [0.25, 0.3) is 0 Å². The fourth-order valence-electron chi connectivity index (χ4n) is 2.86. The summed E-state index contributed by atoms with van der Waals surface area (Å²) < 4.78 is 0. The third-order valence-electron chi connectivity index (χ3n) is 4.21. The van der Waals surface area contributed by atoms with Crippen LogP contribution in [-0.2, 0) is 6.42 Å². The van der Waals surface area contributed by atoms with E-state index < -0.39 is 0 Å². The number of anilines is 1. The highest BCUT2D eigenvalue weighted by Gasteiger charge is 2.25. The number of nitrogens with one attached hydrogen (secondary N) is 1. The van der Waals surface area contributed by atoms with Crippen LogP contribution in [0.15, 0.2) is 18.2 Å². The molecular weight excluding hydrogens is 206 g/mol. The molecule has 2 atom stereocenters. The lowest BCUT2D eigenvalue weighted by molar-refractivity contribution is 0.410. The molecule has 94 valence electrons. The first-order valence-corrected chi connectivity index (χ1v) is 7.13. The lowest BCUT2D eigenvalue weighted by Gasteiger charge is -2.32. The van der Waals surface area contributed by atoms with Crippen molar-refractivity contribution in [1.82, 2.24) is 0 Å². The van der Waals surface area contributed by atoms with Gasteiger partial charge in [0.05, 0.1) is 0 Å². The maximum atomic E-state index is 3.60. The average molecular weight is 231 g/mol. The van der Waals surface area contributed by atoms with Gasteiger partial charge in [0, 0.05) is 12.2 Å². The molecule has 0 bridgehead atoms. The van der Waals surface area contributed by atoms with Crippen molar-refractivity contribution in [2.45, 2.75) is 52.4 Å². The Kier molecular flexibility index (Phi) is 4.09. The van der Waals surface area contributed by atoms with Crippen molar-refractivity contribution < 1.29 is 0 Å². The molecule has 1 heterocycles. The summed E-state index contributed by atoms with van der Waals surface area (Å²) in [4.78, 5) is 0. The van der Waals surface area contributed by atoms with Crippen LogP contribution in [0, 0.1) is 5.92 Å². The maximum absolute atomic E-state index is 3.60. The second kappa shape index (κ2) is 5.57. The smallest absolute Gasteiger partial charge is 0.0375 e. The highest BCUT2D eigenvalue weighted by molar-refractivity contribution is 5.56. The highest BCUT2D eigenvalue weighted by atomic mass is 14.9. The minimum Gasteiger partial charge on any atom is -0.385 e. The fraction of sp³-hybridized carbons (Fsp3) is 0.625. The Bertz CT molecular complexity index is 370. The standard InChI is InChI=1S/C16H25N/c1-4-6-7-14-11-17-16-9-8-13(5-2)10-15(16)12(14)3/h8-10,12,14,17H,4-7,11H2,1-3H3. The van der Waals surface area contributed by atoms with Crippen molar-refractivity contribution in [2.24, 2.45) is 5.92 Å². The van der Waals surface area contributed by atoms with Crippen molar-refractivity contribution in [3.8, 4) is 0 Å². The fourth-order valence-corrected chi connectivity index (χ4v) is 2.86. The van der Waals surface area contributed by atoms with E-state index in [2.05, 4.69) is 44.3 Å². The van der Waals surface area contributed by atoms with E-state index in [1.165, 1.54) is 36.1 Å². The van der Waals surface area contributed by atoms with Gasteiger partial charge in [-0.3, -0.25) is 0 Å². The number of hydrogen-bond donors (Lipinski definition) is 1. The Morgan fingerprint density at radius 1 is 1.29 bits per heavy atom. The summed E-state index contributed by atoms with van der Waals surface area (Å²) >= 11 is 0. The zero-order valence-corrected chi connectivity index (χ0v) is 11.4. The summed E-state index contributed by atoms with van der Waals surface area (Å²) in [6.07, 6.45) is 5.17. The van der Waals surface area contributed by atoms with E-state index in [9.17, 15) is 0 Å². The molecule has 1 aliphatic heterocycles. The SMILES string of the molecule is CCCCC1CNc2ccc(CC)cc2C1C. The van der Waals surface area contributed by atoms with Crippen LogP contribution >= 0.6 is 0 Å². The highest BCUT2D eigenvalue weighted by Crippen LogP contribution is 2.37. The van der Waals surface area contributed by atoms with Gasteiger partial charge in [-0.2, -0.15) is 0 Å². The molecule has 1 aromatic carbocycles. The summed E-state index contributed by atoms with van der Waals surface area (Å²) in [7, 11) is 0. The molecule has 0 spiro atoms. The number of rotatable bonds is 4. The first-order chi connectivity index (χ1) is 8.26. The Morgan fingerprint density at radius 3 is 2.82 bits per heavy atom. The monoisotopic (exact) mass is 231 g/mol. The van der Waals surface area contributed by atoms with Crippen molar-refractivity contribution in [2.75, 3.05) is 11.9 Å². The molecule has 0 fully saturated rings. The number of hydrogen-bond acceptors (Lipinski definition) is 1. The summed E-state index contributed by atoms with van der Waals surface area (Å²) in [5, 5.41) is 3.60. The third kappa shape index (κ3) is 2.65. The van der Waals surface area contributed by atoms with Gasteiger partial charge in [-0.1, -0.05) is 45.7 Å². The first-order valence-electron chi connectivity index (χ1n) is 7.13. The van der Waals surface area contributed by atoms with Crippen LogP contribution < -0.4 is 5.32 Å². The van der Waals surface area contributed by atoms with Crippen molar-refractivity contribution >= 4 is 5.69 Å². The summed E-state index contributed by atoms with van der Waals surface area (Å²) in [6.45, 7) is 8.07. The third-order valence-corrected chi connectivity index (χ3v) is 4.21. The van der Waals surface area contributed by atoms with Crippen LogP contribution in [0.5, 0.6) is 0 Å². The van der Waals surface area contributed by atoms with E-state index in [4.69, 9.17) is 0 Å². The lowest BCUT2D eigenvalue weighted by atomic mass is 9.80. The molecule has 0 aliphatic carbocycles. The second-order valence-corrected chi connectivity index (χ2v) is 5.35. The Morgan fingerprint density at radius 2 is 2.12 bits per heavy atom. The zero-order chi connectivity index (χ0) is 12.3. The predicted molar refractivity (Wildman–Crippen MR) is 75.7 cm³/mol. The number of unbranched alkanes of at least 4 members (excludes halogenated alkanes) is 1. The van der Waals surface area contributed by atoms with Gasteiger partial charge in [0.15, 0.2) is 0 Å². The molecule has 2 rings (SSSR count). The van der Waals surface area contributed by atoms with Gasteiger partial charge in [0.25, 0.3) is 0 Å². The molecule has 1 aromatic rings. The van der Waals surface area contributed by atoms with Gasteiger partial charge in [-0.05, 0) is 41.9 Å². The van der Waals surface area contributed by atoms with E-state index in [1.54, 1.807) is 0 Å². The zero-order valence-electron chi connectivity index (χ0n) is 11.4. The van der Waals surface area contributed by atoms with Crippen molar-refractivity contribution in [3.05, 3.63) is 29.3 Å². The Balaban J connectivity index is 2.18. The van der Waals surface area contributed by atoms with Crippen LogP contribution in [0.3, 0.4) is 0 Å². The van der Waals surface area contributed by atoms with Crippen LogP contribution in [0.4, 0.5) is 5.69 Å². The molecule has 0 amide bonds. The molecule has 1 nitrogen and oxygen atoms in total. The van der Waals surface area contributed by atoms with Crippen LogP contribution in [-0.4, -0.2) is 6.54 Å². The molecule has 1 N–H and O–H groups in total. The summed E-state index contributed by atoms with van der Waals surface area (Å²) in [6, 6.07) is 6.93. The molecule has 0 saturated heterocycles. The van der Waals surface area contributed by atoms with E-state index in [-0.39, 0.29) is 0 Å². The molecule has 0 aromatic heterocycles. The van der Waals surface area contributed by atoms with E-state index in [1.807, 2.05) is 0 Å². The maximum Gasteiger partial charge on any atom is 0.0375 e. The first kappa shape index (κ1) is 12.5. The topological polar surface area (TPSA) is 12.0 Å². The average Bonchev–Trinajstić information content (AvgIpc) is 2.38. The van der Waals surface area contributed by atoms with Gasteiger partial charge in [-0.15, -0.1) is 0 Å². The van der Waals surface area contributed by atoms with Crippen LogP contribution in [0.2, 0.25) is 0 Å². The summed E-state index contributed by atoms with van der Waals surface area (Å²) in [5.74, 6) is 1.53. The molecule has 0 saturated carbocycles. The number of fused-ring (bicyclic) bond motifs is 1. The minimum atomic E-state index is 0.712. The summed E-state index contributed by atoms with van der Waals surface area (Å²) in [5.41, 5.74) is 4.37. The normalized spacial score (nSPS) is 23.0. The van der Waals surface area contributed by atoms with Gasteiger partial charge in [0.1, 0.15) is 0 Å². The molecule has 1 heteroatoms. The molecule has 17 heavy (non-hydrogen) atoms. The van der Waals surface area contributed by atoms with E-state index in [0.29, 0.717) is 5.92 Å². The minimum absolute atomic E-state index is 0.712. The van der Waals surface area contributed by atoms with Crippen LogP contribution in [0.1, 0.15) is 57.1 Å². The van der Waals surface area contributed by atoms with Gasteiger partial charge < -0.3 is 5.32 Å². The predicted octanol–water partition coefficient (Wildman–Crippen LogP) is 4.58. The van der Waals surface area contributed by atoms with Crippen molar-refractivity contribution in [1.29, 1.82) is 0 Å². The van der Waals surface area contributed by atoms with Crippen molar-refractivity contribution in [3.63, 3.8) is 0 Å². The van der Waals surface area contributed by atoms with E-state index >= 15 is 0 Å². The van der Waals surface area contributed by atoms with Gasteiger partial charge >= 0.3 is 0 Å². The Hall–Kier alpha value is -0.980. The largest absolute Gasteiger partial charge is 0.385 e. The number of benzene rings is 1. The molecule has 1 aliphatic rings.